The molecule has 30 heavy (non-hydrogen) atoms. The zero-order chi connectivity index (χ0) is 21.4. The maximum absolute atomic E-state index is 13.3. The predicted molar refractivity (Wildman–Crippen MR) is 101 cm³/mol. The quantitative estimate of drug-likeness (QED) is 0.602. The molecule has 4 heterocycles. The second kappa shape index (κ2) is 6.05. The number of aromatic nitrogens is 2. The topological polar surface area (TPSA) is 90.2 Å². The number of carbonyl (C=O) groups is 1. The Labute approximate surface area is 173 Å². The average Bonchev–Trinajstić information content (AvgIpc) is 3.29. The molecule has 8 nitrogen and oxygen atoms in total. The van der Waals surface area contributed by atoms with E-state index >= 15 is 0 Å². The van der Waals surface area contributed by atoms with Gasteiger partial charge in [-0.25, -0.2) is 13.4 Å². The normalized spacial score (nSPS) is 17.1. The van der Waals surface area contributed by atoms with E-state index in [1.807, 2.05) is 0 Å². The molecule has 0 N–H and O–H groups in total. The van der Waals surface area contributed by atoms with Crippen LogP contribution in [0.5, 0.6) is 11.5 Å². The first-order valence-electron chi connectivity index (χ1n) is 8.74. The van der Waals surface area contributed by atoms with Crippen LogP contribution in [0.4, 0.5) is 14.6 Å². The van der Waals surface area contributed by atoms with Gasteiger partial charge < -0.3 is 9.47 Å². The van der Waals surface area contributed by atoms with E-state index in [9.17, 15) is 22.0 Å². The molecule has 0 unspecified atom stereocenters. The van der Waals surface area contributed by atoms with E-state index in [0.717, 1.165) is 6.07 Å². The summed E-state index contributed by atoms with van der Waals surface area (Å²) in [4.78, 5) is 18.6. The Bertz CT molecular complexity index is 1360. The molecule has 0 bridgehead atoms. The lowest BCUT2D eigenvalue weighted by Crippen LogP contribution is -2.26. The summed E-state index contributed by atoms with van der Waals surface area (Å²) in [6.07, 6.45) is -2.34. The lowest BCUT2D eigenvalue weighted by molar-refractivity contribution is -0.286. The smallest absolute Gasteiger partial charge is 0.395 e. The van der Waals surface area contributed by atoms with Crippen molar-refractivity contribution in [3.8, 4) is 11.5 Å². The van der Waals surface area contributed by atoms with Crippen LogP contribution in [0.2, 0.25) is 5.02 Å². The Morgan fingerprint density at radius 2 is 1.93 bits per heavy atom. The standard InChI is InChI=1S/C18H12ClF2N3O5S/c1-2-30(26,27)17-15(22-14-6-10(19)3-4-23(14)17)24-8-9-5-12-13(7-11(9)16(24)25)29-18(20,21)28-12/h3-7H,2,8H2,1H3. The van der Waals surface area contributed by atoms with Gasteiger partial charge in [-0.1, -0.05) is 18.5 Å². The second-order valence-electron chi connectivity index (χ2n) is 6.73. The van der Waals surface area contributed by atoms with E-state index in [-0.39, 0.29) is 45.9 Å². The van der Waals surface area contributed by atoms with Gasteiger partial charge in [0.2, 0.25) is 0 Å². The minimum absolute atomic E-state index is 0.0624. The summed E-state index contributed by atoms with van der Waals surface area (Å²) in [6.45, 7) is 1.41. The number of carbonyl (C=O) groups excluding carboxylic acids is 1. The number of hydrogen-bond donors (Lipinski definition) is 0. The van der Waals surface area contributed by atoms with Crippen molar-refractivity contribution >= 4 is 38.8 Å². The summed E-state index contributed by atoms with van der Waals surface area (Å²) in [5.41, 5.74) is 0.738. The third-order valence-electron chi connectivity index (χ3n) is 4.89. The molecule has 2 aromatic heterocycles. The molecule has 156 valence electrons. The summed E-state index contributed by atoms with van der Waals surface area (Å²) >= 11 is 6.00. The SMILES string of the molecule is CCS(=O)(=O)c1c(N2Cc3cc4c(cc3C2=O)OC(F)(F)O4)nc2cc(Cl)ccn12. The molecular formula is C18H12ClF2N3O5S. The molecule has 2 aliphatic rings. The monoisotopic (exact) mass is 455 g/mol. The molecule has 3 aromatic rings. The van der Waals surface area contributed by atoms with Crippen molar-refractivity contribution in [1.29, 1.82) is 0 Å². The van der Waals surface area contributed by atoms with Crippen LogP contribution in [-0.4, -0.2) is 35.8 Å². The van der Waals surface area contributed by atoms with E-state index in [2.05, 4.69) is 14.5 Å². The molecule has 0 saturated heterocycles. The average molecular weight is 456 g/mol. The van der Waals surface area contributed by atoms with Gasteiger partial charge in [-0.3, -0.25) is 14.1 Å². The number of benzene rings is 1. The van der Waals surface area contributed by atoms with Crippen LogP contribution < -0.4 is 14.4 Å². The number of rotatable bonds is 3. The predicted octanol–water partition coefficient (Wildman–Crippen LogP) is 3.26. The van der Waals surface area contributed by atoms with Crippen molar-refractivity contribution in [2.75, 3.05) is 10.7 Å². The van der Waals surface area contributed by atoms with Gasteiger partial charge >= 0.3 is 6.29 Å². The highest BCUT2D eigenvalue weighted by atomic mass is 35.5. The van der Waals surface area contributed by atoms with Crippen molar-refractivity contribution < 1.29 is 31.5 Å². The summed E-state index contributed by atoms with van der Waals surface area (Å²) in [7, 11) is -3.78. The highest BCUT2D eigenvalue weighted by Crippen LogP contribution is 2.45. The van der Waals surface area contributed by atoms with Crippen LogP contribution in [0.15, 0.2) is 35.5 Å². The summed E-state index contributed by atoms with van der Waals surface area (Å²) in [5, 5.41) is 0.201. The van der Waals surface area contributed by atoms with Gasteiger partial charge in [0.1, 0.15) is 5.65 Å². The van der Waals surface area contributed by atoms with E-state index in [1.54, 1.807) is 0 Å². The molecule has 0 saturated carbocycles. The summed E-state index contributed by atoms with van der Waals surface area (Å²) in [5.74, 6) is -1.33. The first-order chi connectivity index (χ1) is 14.1. The largest absolute Gasteiger partial charge is 0.586 e. The third-order valence-corrected chi connectivity index (χ3v) is 6.85. The Kier molecular flexibility index (Phi) is 3.84. The maximum atomic E-state index is 13.3. The minimum atomic E-state index is -3.80. The van der Waals surface area contributed by atoms with Gasteiger partial charge in [0.25, 0.3) is 5.91 Å². The number of alkyl halides is 2. The van der Waals surface area contributed by atoms with Crippen LogP contribution in [0.1, 0.15) is 22.8 Å². The number of imidazole rings is 1. The van der Waals surface area contributed by atoms with Gasteiger partial charge in [-0.2, -0.15) is 0 Å². The third kappa shape index (κ3) is 2.72. The molecule has 12 heteroatoms. The van der Waals surface area contributed by atoms with Crippen LogP contribution in [0.3, 0.4) is 0 Å². The van der Waals surface area contributed by atoms with E-state index in [0.29, 0.717) is 10.6 Å². The molecule has 0 aliphatic carbocycles. The minimum Gasteiger partial charge on any atom is -0.395 e. The fourth-order valence-electron chi connectivity index (χ4n) is 3.51. The second-order valence-corrected chi connectivity index (χ2v) is 9.36. The lowest BCUT2D eigenvalue weighted by Gasteiger charge is -2.14. The molecule has 0 radical (unpaired) electrons. The Balaban J connectivity index is 1.65. The van der Waals surface area contributed by atoms with Gasteiger partial charge in [0.05, 0.1) is 12.3 Å². The number of anilines is 1. The molecule has 5 rings (SSSR count). The van der Waals surface area contributed by atoms with Crippen molar-refractivity contribution in [2.24, 2.45) is 0 Å². The molecular weight excluding hydrogens is 444 g/mol. The summed E-state index contributed by atoms with van der Waals surface area (Å²) in [6, 6.07) is 5.43. The molecule has 0 atom stereocenters. The number of hydrogen-bond acceptors (Lipinski definition) is 6. The number of nitrogens with zero attached hydrogens (tertiary/aromatic N) is 3. The van der Waals surface area contributed by atoms with Crippen molar-refractivity contribution in [3.05, 3.63) is 46.6 Å². The molecule has 0 spiro atoms. The zero-order valence-electron chi connectivity index (χ0n) is 15.2. The van der Waals surface area contributed by atoms with Crippen LogP contribution in [-0.2, 0) is 16.4 Å². The van der Waals surface area contributed by atoms with Gasteiger partial charge in [-0.15, -0.1) is 8.78 Å². The van der Waals surface area contributed by atoms with Crippen LogP contribution >= 0.6 is 11.6 Å². The number of halogens is 3. The zero-order valence-corrected chi connectivity index (χ0v) is 16.8. The van der Waals surface area contributed by atoms with Gasteiger partial charge in [0.15, 0.2) is 32.2 Å². The number of amides is 1. The number of pyridine rings is 1. The Hall–Kier alpha value is -2.92. The highest BCUT2D eigenvalue weighted by molar-refractivity contribution is 7.91. The highest BCUT2D eigenvalue weighted by Gasteiger charge is 2.45. The van der Waals surface area contributed by atoms with Gasteiger partial charge in [0, 0.05) is 22.8 Å². The first-order valence-corrected chi connectivity index (χ1v) is 10.8. The van der Waals surface area contributed by atoms with E-state index in [4.69, 9.17) is 11.6 Å². The van der Waals surface area contributed by atoms with Crippen molar-refractivity contribution in [3.63, 3.8) is 0 Å². The number of ether oxygens (including phenoxy) is 2. The fraction of sp³-hybridized carbons (Fsp3) is 0.222. The Morgan fingerprint density at radius 3 is 2.63 bits per heavy atom. The van der Waals surface area contributed by atoms with Crippen molar-refractivity contribution in [2.45, 2.75) is 24.8 Å². The lowest BCUT2D eigenvalue weighted by atomic mass is 10.1. The number of sulfone groups is 1. The molecule has 0 fully saturated rings. The maximum Gasteiger partial charge on any atom is 0.586 e. The van der Waals surface area contributed by atoms with Crippen molar-refractivity contribution in [1.82, 2.24) is 9.38 Å². The van der Waals surface area contributed by atoms with Crippen LogP contribution in [0, 0.1) is 0 Å². The Morgan fingerprint density at radius 1 is 1.23 bits per heavy atom. The number of fused-ring (bicyclic) bond motifs is 3. The molecule has 1 amide bonds. The molecule has 2 aliphatic heterocycles. The first kappa shape index (κ1) is 19.1. The summed E-state index contributed by atoms with van der Waals surface area (Å²) < 4.78 is 62.4. The molecule has 1 aromatic carbocycles. The fourth-order valence-corrected chi connectivity index (χ4v) is 4.83. The van der Waals surface area contributed by atoms with E-state index < -0.39 is 22.0 Å². The van der Waals surface area contributed by atoms with E-state index in [1.165, 1.54) is 40.6 Å². The van der Waals surface area contributed by atoms with Crippen LogP contribution in [0.25, 0.3) is 5.65 Å². The van der Waals surface area contributed by atoms with Gasteiger partial charge in [-0.05, 0) is 23.8 Å².